The Hall–Kier alpha value is -2.34. The Morgan fingerprint density at radius 1 is 0.900 bits per heavy atom. The third-order valence-corrected chi connectivity index (χ3v) is 5.92. The standard InChI is InChI=1S/C27H32F2O/c1-3-5-6-20-7-12-22(13-8-20)23-14-9-21(10-15-23)11-16-24-17-18-25(30-19-4-2)27(29)26(24)28/h7-8,12-13,17-18,21,23H,3-6,9-10,14-15,19H2,1-2H3. The lowest BCUT2D eigenvalue weighted by molar-refractivity contribution is 0.295. The van der Waals surface area contributed by atoms with Gasteiger partial charge in [-0.1, -0.05) is 56.4 Å². The number of benzene rings is 2. The quantitative estimate of drug-likeness (QED) is 0.432. The summed E-state index contributed by atoms with van der Waals surface area (Å²) in [7, 11) is 0. The summed E-state index contributed by atoms with van der Waals surface area (Å²) >= 11 is 0. The minimum atomic E-state index is -0.943. The van der Waals surface area contributed by atoms with E-state index in [0.29, 0.717) is 12.5 Å². The topological polar surface area (TPSA) is 9.23 Å². The van der Waals surface area contributed by atoms with Gasteiger partial charge in [0.05, 0.1) is 12.2 Å². The summed E-state index contributed by atoms with van der Waals surface area (Å²) in [5, 5.41) is 0. The minimum absolute atomic E-state index is 0.0406. The van der Waals surface area contributed by atoms with Crippen molar-refractivity contribution in [3.05, 3.63) is 64.7 Å². The second-order valence-electron chi connectivity index (χ2n) is 8.25. The van der Waals surface area contributed by atoms with Gasteiger partial charge in [0.2, 0.25) is 5.82 Å². The molecule has 30 heavy (non-hydrogen) atoms. The second-order valence-corrected chi connectivity index (χ2v) is 8.25. The maximum absolute atomic E-state index is 14.3. The van der Waals surface area contributed by atoms with Gasteiger partial charge in [-0.2, -0.15) is 4.39 Å². The minimum Gasteiger partial charge on any atom is -0.490 e. The maximum atomic E-state index is 14.3. The molecule has 0 spiro atoms. The summed E-state index contributed by atoms with van der Waals surface area (Å²) in [5.41, 5.74) is 2.94. The molecule has 0 N–H and O–H groups in total. The fourth-order valence-electron chi connectivity index (χ4n) is 4.04. The normalized spacial score (nSPS) is 18.5. The van der Waals surface area contributed by atoms with Gasteiger partial charge >= 0.3 is 0 Å². The molecule has 0 atom stereocenters. The molecular formula is C27H32F2O. The summed E-state index contributed by atoms with van der Waals surface area (Å²) in [6, 6.07) is 12.1. The van der Waals surface area contributed by atoms with Crippen LogP contribution in [0.2, 0.25) is 0 Å². The van der Waals surface area contributed by atoms with Crippen LogP contribution in [0.25, 0.3) is 0 Å². The van der Waals surface area contributed by atoms with E-state index in [1.54, 1.807) is 0 Å². The fraction of sp³-hybridized carbons (Fsp3) is 0.481. The highest BCUT2D eigenvalue weighted by molar-refractivity contribution is 5.41. The van der Waals surface area contributed by atoms with Gasteiger partial charge < -0.3 is 4.74 Å². The van der Waals surface area contributed by atoms with Crippen LogP contribution >= 0.6 is 0 Å². The van der Waals surface area contributed by atoms with E-state index < -0.39 is 11.6 Å². The maximum Gasteiger partial charge on any atom is 0.201 e. The highest BCUT2D eigenvalue weighted by Crippen LogP contribution is 2.35. The van der Waals surface area contributed by atoms with E-state index in [1.165, 1.54) is 36.1 Å². The molecule has 0 saturated heterocycles. The number of aryl methyl sites for hydroxylation is 1. The van der Waals surface area contributed by atoms with Crippen molar-refractivity contribution in [2.45, 2.75) is 71.1 Å². The van der Waals surface area contributed by atoms with Crippen molar-refractivity contribution >= 4 is 0 Å². The zero-order chi connectivity index (χ0) is 21.3. The van der Waals surface area contributed by atoms with Crippen LogP contribution in [0, 0.1) is 29.4 Å². The lowest BCUT2D eigenvalue weighted by atomic mass is 9.78. The number of hydrogen-bond acceptors (Lipinski definition) is 1. The Balaban J connectivity index is 1.56. The Morgan fingerprint density at radius 3 is 2.30 bits per heavy atom. The van der Waals surface area contributed by atoms with Crippen molar-refractivity contribution in [2.24, 2.45) is 5.92 Å². The molecule has 0 aliphatic heterocycles. The van der Waals surface area contributed by atoms with Gasteiger partial charge in [-0.15, -0.1) is 0 Å². The summed E-state index contributed by atoms with van der Waals surface area (Å²) in [6.07, 6.45) is 8.54. The summed E-state index contributed by atoms with van der Waals surface area (Å²) in [6.45, 7) is 4.51. The van der Waals surface area contributed by atoms with Crippen molar-refractivity contribution in [1.29, 1.82) is 0 Å². The van der Waals surface area contributed by atoms with E-state index in [4.69, 9.17) is 4.74 Å². The molecule has 1 aliphatic carbocycles. The van der Waals surface area contributed by atoms with Crippen LogP contribution in [-0.2, 0) is 6.42 Å². The molecule has 0 amide bonds. The largest absolute Gasteiger partial charge is 0.490 e. The monoisotopic (exact) mass is 410 g/mol. The molecule has 0 radical (unpaired) electrons. The number of hydrogen-bond donors (Lipinski definition) is 0. The first-order valence-electron chi connectivity index (χ1n) is 11.3. The molecule has 160 valence electrons. The van der Waals surface area contributed by atoms with E-state index >= 15 is 0 Å². The molecular weight excluding hydrogens is 378 g/mol. The summed E-state index contributed by atoms with van der Waals surface area (Å²) in [4.78, 5) is 0. The van der Waals surface area contributed by atoms with Gasteiger partial charge in [-0.05, 0) is 74.1 Å². The van der Waals surface area contributed by atoms with Gasteiger partial charge in [0.15, 0.2) is 11.6 Å². The second kappa shape index (κ2) is 11.2. The summed E-state index contributed by atoms with van der Waals surface area (Å²) in [5.74, 6) is 4.97. The van der Waals surface area contributed by atoms with Gasteiger partial charge in [-0.25, -0.2) is 4.39 Å². The van der Waals surface area contributed by atoms with Crippen LogP contribution in [0.4, 0.5) is 8.78 Å². The molecule has 0 heterocycles. The average Bonchev–Trinajstić information content (AvgIpc) is 2.79. The molecule has 1 nitrogen and oxygen atoms in total. The lowest BCUT2D eigenvalue weighted by Crippen LogP contribution is -2.12. The van der Waals surface area contributed by atoms with Crippen LogP contribution in [0.3, 0.4) is 0 Å². The van der Waals surface area contributed by atoms with Crippen LogP contribution in [-0.4, -0.2) is 6.61 Å². The van der Waals surface area contributed by atoms with Crippen LogP contribution in [0.5, 0.6) is 5.75 Å². The molecule has 1 fully saturated rings. The first-order valence-corrected chi connectivity index (χ1v) is 11.3. The Bertz CT molecular complexity index is 868. The Labute approximate surface area is 179 Å². The van der Waals surface area contributed by atoms with E-state index in [0.717, 1.165) is 38.5 Å². The predicted molar refractivity (Wildman–Crippen MR) is 119 cm³/mol. The number of unbranched alkanes of at least 4 members (excludes halogenated alkanes) is 1. The van der Waals surface area contributed by atoms with Gasteiger partial charge in [0, 0.05) is 5.92 Å². The highest BCUT2D eigenvalue weighted by atomic mass is 19.2. The first-order chi connectivity index (χ1) is 14.6. The highest BCUT2D eigenvalue weighted by Gasteiger charge is 2.21. The van der Waals surface area contributed by atoms with E-state index in [-0.39, 0.29) is 17.2 Å². The molecule has 2 aromatic carbocycles. The third-order valence-electron chi connectivity index (χ3n) is 5.92. The van der Waals surface area contributed by atoms with Gasteiger partial charge in [0.1, 0.15) is 0 Å². The van der Waals surface area contributed by atoms with Crippen molar-refractivity contribution in [3.63, 3.8) is 0 Å². The molecule has 2 aromatic rings. The van der Waals surface area contributed by atoms with Crippen molar-refractivity contribution in [3.8, 4) is 17.6 Å². The van der Waals surface area contributed by atoms with Crippen molar-refractivity contribution in [2.75, 3.05) is 6.61 Å². The van der Waals surface area contributed by atoms with Crippen molar-refractivity contribution in [1.82, 2.24) is 0 Å². The van der Waals surface area contributed by atoms with Gasteiger partial charge in [-0.3, -0.25) is 0 Å². The zero-order valence-electron chi connectivity index (χ0n) is 18.1. The van der Waals surface area contributed by atoms with E-state index in [1.807, 2.05) is 6.92 Å². The fourth-order valence-corrected chi connectivity index (χ4v) is 4.04. The smallest absolute Gasteiger partial charge is 0.201 e. The first kappa shape index (κ1) is 22.3. The molecule has 0 aromatic heterocycles. The SMILES string of the molecule is CCCCc1ccc(C2CCC(C#Cc3ccc(OCCC)c(F)c3F)CC2)cc1. The zero-order valence-corrected chi connectivity index (χ0v) is 18.1. The molecule has 3 rings (SSSR count). The van der Waals surface area contributed by atoms with Crippen LogP contribution in [0.1, 0.15) is 81.4 Å². The number of rotatable bonds is 7. The third kappa shape index (κ3) is 5.85. The Morgan fingerprint density at radius 2 is 1.63 bits per heavy atom. The number of halogens is 2. The van der Waals surface area contributed by atoms with Gasteiger partial charge in [0.25, 0.3) is 0 Å². The van der Waals surface area contributed by atoms with Crippen molar-refractivity contribution < 1.29 is 13.5 Å². The molecule has 1 aliphatic rings. The van der Waals surface area contributed by atoms with Crippen LogP contribution in [0.15, 0.2) is 36.4 Å². The predicted octanol–water partition coefficient (Wildman–Crippen LogP) is 7.42. The van der Waals surface area contributed by atoms with E-state index in [2.05, 4.69) is 43.0 Å². The number of ether oxygens (including phenoxy) is 1. The molecule has 0 unspecified atom stereocenters. The molecule has 1 saturated carbocycles. The average molecular weight is 411 g/mol. The lowest BCUT2D eigenvalue weighted by Gasteiger charge is -2.26. The van der Waals surface area contributed by atoms with Crippen LogP contribution < -0.4 is 4.74 Å². The Kier molecular flexibility index (Phi) is 8.31. The van der Waals surface area contributed by atoms with E-state index in [9.17, 15) is 8.78 Å². The molecule has 3 heteroatoms. The molecule has 0 bridgehead atoms. The summed E-state index contributed by atoms with van der Waals surface area (Å²) < 4.78 is 33.6.